The first kappa shape index (κ1) is 12.7. The molecule has 7 heteroatoms. The summed E-state index contributed by atoms with van der Waals surface area (Å²) in [5.74, 6) is 0.884. The van der Waals surface area contributed by atoms with Gasteiger partial charge in [-0.3, -0.25) is 14.7 Å². The molecule has 0 aliphatic rings. The average Bonchev–Trinajstić information content (AvgIpc) is 2.85. The van der Waals surface area contributed by atoms with Crippen LogP contribution < -0.4 is 0 Å². The molecule has 0 bridgehead atoms. The number of hydrogen-bond donors (Lipinski definition) is 0. The molecule has 0 aliphatic heterocycles. The first-order valence-electron chi connectivity index (χ1n) is 6.15. The Labute approximate surface area is 119 Å². The zero-order valence-corrected chi connectivity index (χ0v) is 10.8. The van der Waals surface area contributed by atoms with E-state index in [1.54, 1.807) is 4.57 Å². The molecule has 0 aliphatic carbocycles. The lowest BCUT2D eigenvalue weighted by Gasteiger charge is -2.06. The van der Waals surface area contributed by atoms with Crippen molar-refractivity contribution in [3.8, 4) is 11.9 Å². The van der Waals surface area contributed by atoms with Gasteiger partial charge in [-0.25, -0.2) is 9.97 Å². The molecule has 1 aromatic carbocycles. The zero-order valence-electron chi connectivity index (χ0n) is 10.8. The first-order valence-corrected chi connectivity index (χ1v) is 6.15. The maximum absolute atomic E-state index is 10.9. The van der Waals surface area contributed by atoms with E-state index < -0.39 is 4.92 Å². The third-order valence-electron chi connectivity index (χ3n) is 3.04. The summed E-state index contributed by atoms with van der Waals surface area (Å²) in [6.45, 7) is 0. The summed E-state index contributed by atoms with van der Waals surface area (Å²) in [6, 6.07) is 12.1. The molecule has 0 N–H and O–H groups in total. The number of nitriles is 1. The molecule has 102 valence electrons. The molecule has 0 atom stereocenters. The van der Waals surface area contributed by atoms with Gasteiger partial charge in [-0.1, -0.05) is 12.1 Å². The highest BCUT2D eigenvalue weighted by Gasteiger charge is 2.15. The number of rotatable bonds is 3. The number of para-hydroxylation sites is 2. The minimum atomic E-state index is -0.478. The van der Waals surface area contributed by atoms with E-state index in [-0.39, 0.29) is 12.1 Å². The zero-order chi connectivity index (χ0) is 14.8. The van der Waals surface area contributed by atoms with Gasteiger partial charge in [-0.15, -0.1) is 0 Å². The first-order chi connectivity index (χ1) is 10.2. The molecule has 2 aromatic heterocycles. The summed E-state index contributed by atoms with van der Waals surface area (Å²) in [4.78, 5) is 19.0. The van der Waals surface area contributed by atoms with E-state index in [4.69, 9.17) is 5.26 Å². The predicted molar refractivity (Wildman–Crippen MR) is 74.8 cm³/mol. The molecule has 3 rings (SSSR count). The van der Waals surface area contributed by atoms with Crippen LogP contribution in [0.1, 0.15) is 5.82 Å². The van der Waals surface area contributed by atoms with Gasteiger partial charge in [-0.2, -0.15) is 5.26 Å². The molecule has 0 amide bonds. The van der Waals surface area contributed by atoms with Crippen LogP contribution in [0.4, 0.5) is 5.69 Å². The van der Waals surface area contributed by atoms with Crippen molar-refractivity contribution in [2.24, 2.45) is 0 Å². The lowest BCUT2D eigenvalue weighted by atomic mass is 10.3. The maximum atomic E-state index is 10.9. The Morgan fingerprint density at radius 2 is 2.14 bits per heavy atom. The van der Waals surface area contributed by atoms with E-state index in [0.29, 0.717) is 11.6 Å². The van der Waals surface area contributed by atoms with E-state index in [2.05, 4.69) is 9.97 Å². The molecule has 0 spiro atoms. The molecular weight excluding hydrogens is 270 g/mol. The molecule has 7 nitrogen and oxygen atoms in total. The second kappa shape index (κ2) is 5.02. The number of aromatic nitrogens is 3. The lowest BCUT2D eigenvalue weighted by Crippen LogP contribution is -2.03. The third-order valence-corrected chi connectivity index (χ3v) is 3.04. The largest absolute Gasteiger partial charge is 0.279 e. The molecule has 0 radical (unpaired) electrons. The van der Waals surface area contributed by atoms with Crippen molar-refractivity contribution >= 4 is 16.7 Å². The Balaban J connectivity index is 2.28. The Kier molecular flexibility index (Phi) is 3.04. The quantitative estimate of drug-likeness (QED) is 0.541. The van der Waals surface area contributed by atoms with Gasteiger partial charge in [0.15, 0.2) is 0 Å². The summed E-state index contributed by atoms with van der Waals surface area (Å²) >= 11 is 0. The van der Waals surface area contributed by atoms with E-state index >= 15 is 0 Å². The minimum Gasteiger partial charge on any atom is -0.279 e. The van der Waals surface area contributed by atoms with E-state index in [9.17, 15) is 10.1 Å². The number of nitro groups is 1. The summed E-state index contributed by atoms with van der Waals surface area (Å²) in [5.41, 5.74) is 1.42. The Morgan fingerprint density at radius 3 is 2.90 bits per heavy atom. The molecule has 0 fully saturated rings. The molecule has 3 aromatic rings. The molecule has 0 saturated carbocycles. The molecule has 2 heterocycles. The van der Waals surface area contributed by atoms with Crippen molar-refractivity contribution in [3.63, 3.8) is 0 Å². The van der Waals surface area contributed by atoms with Gasteiger partial charge >= 0.3 is 0 Å². The monoisotopic (exact) mass is 279 g/mol. The fraction of sp³-hybridized carbons (Fsp3) is 0.0714. The fourth-order valence-corrected chi connectivity index (χ4v) is 2.16. The average molecular weight is 279 g/mol. The summed E-state index contributed by atoms with van der Waals surface area (Å²) < 4.78 is 1.67. The van der Waals surface area contributed by atoms with Gasteiger partial charge in [0, 0.05) is 12.3 Å². The van der Waals surface area contributed by atoms with Crippen LogP contribution in [0.15, 0.2) is 42.6 Å². The van der Waals surface area contributed by atoms with Crippen LogP contribution in [0.5, 0.6) is 0 Å². The van der Waals surface area contributed by atoms with E-state index in [0.717, 1.165) is 11.0 Å². The van der Waals surface area contributed by atoms with Crippen molar-refractivity contribution in [2.45, 2.75) is 6.42 Å². The van der Waals surface area contributed by atoms with Crippen LogP contribution in [0.3, 0.4) is 0 Å². The Bertz CT molecular complexity index is 878. The number of pyridine rings is 1. The van der Waals surface area contributed by atoms with Crippen LogP contribution in [-0.2, 0) is 6.42 Å². The standard InChI is InChI=1S/C14H9N5O2/c15-7-5-13-17-11-3-1-2-4-12(11)18(13)14-9-10(19(20)21)6-8-16-14/h1-4,6,8-9H,5H2. The topological polar surface area (TPSA) is 97.6 Å². The third kappa shape index (κ3) is 2.19. The van der Waals surface area contributed by atoms with Crippen molar-refractivity contribution in [1.82, 2.24) is 14.5 Å². The van der Waals surface area contributed by atoms with Crippen LogP contribution >= 0.6 is 0 Å². The Morgan fingerprint density at radius 1 is 1.33 bits per heavy atom. The van der Waals surface area contributed by atoms with Crippen molar-refractivity contribution in [2.75, 3.05) is 0 Å². The fourth-order valence-electron chi connectivity index (χ4n) is 2.16. The smallest absolute Gasteiger partial charge is 0.274 e. The number of hydrogen-bond acceptors (Lipinski definition) is 5. The SMILES string of the molecule is N#CCc1nc2ccccc2n1-c1cc([N+](=O)[O-])ccn1. The lowest BCUT2D eigenvalue weighted by molar-refractivity contribution is -0.384. The van der Waals surface area contributed by atoms with E-state index in [1.165, 1.54) is 18.3 Å². The number of imidazole rings is 1. The Hall–Kier alpha value is -3.27. The van der Waals surface area contributed by atoms with Crippen LogP contribution in [0.25, 0.3) is 16.9 Å². The van der Waals surface area contributed by atoms with Gasteiger partial charge in [0.25, 0.3) is 5.69 Å². The van der Waals surface area contributed by atoms with Gasteiger partial charge in [0.2, 0.25) is 0 Å². The highest BCUT2D eigenvalue weighted by molar-refractivity contribution is 5.78. The number of nitrogens with zero attached hydrogens (tertiary/aromatic N) is 5. The molecular formula is C14H9N5O2. The van der Waals surface area contributed by atoms with Crippen LogP contribution in [0.2, 0.25) is 0 Å². The summed E-state index contributed by atoms with van der Waals surface area (Å²) in [6.07, 6.45) is 1.47. The number of benzene rings is 1. The highest BCUT2D eigenvalue weighted by atomic mass is 16.6. The van der Waals surface area contributed by atoms with Gasteiger partial charge < -0.3 is 0 Å². The normalized spacial score (nSPS) is 10.4. The highest BCUT2D eigenvalue weighted by Crippen LogP contribution is 2.22. The summed E-state index contributed by atoms with van der Waals surface area (Å²) in [7, 11) is 0. The van der Waals surface area contributed by atoms with Crippen LogP contribution in [-0.4, -0.2) is 19.5 Å². The second-order valence-electron chi connectivity index (χ2n) is 4.32. The van der Waals surface area contributed by atoms with Gasteiger partial charge in [0.05, 0.1) is 34.5 Å². The van der Waals surface area contributed by atoms with Crippen molar-refractivity contribution in [1.29, 1.82) is 5.26 Å². The van der Waals surface area contributed by atoms with Crippen molar-refractivity contribution in [3.05, 3.63) is 58.5 Å². The molecule has 0 saturated heterocycles. The summed E-state index contributed by atoms with van der Waals surface area (Å²) in [5, 5.41) is 19.8. The minimum absolute atomic E-state index is 0.0549. The van der Waals surface area contributed by atoms with E-state index in [1.807, 2.05) is 30.3 Å². The van der Waals surface area contributed by atoms with Gasteiger partial charge in [-0.05, 0) is 12.1 Å². The van der Waals surface area contributed by atoms with Crippen molar-refractivity contribution < 1.29 is 4.92 Å². The van der Waals surface area contributed by atoms with Gasteiger partial charge in [0.1, 0.15) is 11.6 Å². The second-order valence-corrected chi connectivity index (χ2v) is 4.32. The molecule has 21 heavy (non-hydrogen) atoms. The maximum Gasteiger partial charge on any atom is 0.274 e. The molecule has 0 unspecified atom stereocenters. The van der Waals surface area contributed by atoms with Crippen LogP contribution in [0, 0.1) is 21.4 Å². The predicted octanol–water partition coefficient (Wildman–Crippen LogP) is 2.39. The number of fused-ring (bicyclic) bond motifs is 1.